The van der Waals surface area contributed by atoms with E-state index >= 15 is 9.59 Å². The Labute approximate surface area is 425 Å². The third kappa shape index (κ3) is 9.40. The summed E-state index contributed by atoms with van der Waals surface area (Å²) in [6.07, 6.45) is -5.66. The lowest BCUT2D eigenvalue weighted by Crippen LogP contribution is -2.83. The Morgan fingerprint density at radius 3 is 1.64 bits per heavy atom. The summed E-state index contributed by atoms with van der Waals surface area (Å²) in [4.78, 5) is 46.7. The molecule has 4 aliphatic rings. The molecule has 18 heteroatoms. The van der Waals surface area contributed by atoms with Crippen molar-refractivity contribution in [2.24, 2.45) is 16.7 Å². The molecule has 9 atom stereocenters. The molecule has 2 saturated carbocycles. The lowest BCUT2D eigenvalue weighted by atomic mass is 9.44. The van der Waals surface area contributed by atoms with Gasteiger partial charge in [-0.3, -0.25) is 4.79 Å². The highest BCUT2D eigenvalue weighted by molar-refractivity contribution is 6.71. The van der Waals surface area contributed by atoms with E-state index in [4.69, 9.17) is 49.9 Å². The molecule has 1 aliphatic heterocycles. The fourth-order valence-electron chi connectivity index (χ4n) is 13.6. The van der Waals surface area contributed by atoms with Crippen LogP contribution in [0.2, 0.25) is 46.3 Å². The van der Waals surface area contributed by atoms with Crippen LogP contribution in [0.3, 0.4) is 0 Å². The van der Waals surface area contributed by atoms with Crippen LogP contribution in [0.25, 0.3) is 0 Å². The summed E-state index contributed by atoms with van der Waals surface area (Å²) in [6, 6.07) is 8.83. The number of carbonyl (C=O) groups is 3. The number of ketones is 1. The van der Waals surface area contributed by atoms with Gasteiger partial charge in [-0.05, 0) is 83.5 Å². The molecule has 2 bridgehead atoms. The molecule has 0 amide bonds. The van der Waals surface area contributed by atoms with Gasteiger partial charge in [-0.1, -0.05) is 115 Å². The molecule has 1 unspecified atom stereocenters. The monoisotopic (exact) mass is 1050 g/mol. The van der Waals surface area contributed by atoms with Gasteiger partial charge in [0, 0.05) is 39.6 Å². The number of methoxy groups -OCH3 is 1. The zero-order chi connectivity index (χ0) is 52.9. The average molecular weight is 1050 g/mol. The van der Waals surface area contributed by atoms with E-state index in [0.29, 0.717) is 11.1 Å². The minimum absolute atomic E-state index is 0.0125. The summed E-state index contributed by atoms with van der Waals surface area (Å²) in [7, 11) is -5.61. The van der Waals surface area contributed by atoms with Gasteiger partial charge in [0.2, 0.25) is 0 Å². The van der Waals surface area contributed by atoms with E-state index in [-0.39, 0.29) is 58.5 Å². The van der Waals surface area contributed by atoms with Crippen molar-refractivity contribution in [3.63, 3.8) is 0 Å². The molecule has 1 saturated heterocycles. The molecule has 1 heterocycles. The van der Waals surface area contributed by atoms with Crippen molar-refractivity contribution in [2.75, 3.05) is 35.0 Å². The number of rotatable bonds is 20. The third-order valence-corrected chi connectivity index (χ3v) is 31.5. The average Bonchev–Trinajstić information content (AvgIpc) is 3.28. The van der Waals surface area contributed by atoms with E-state index in [1.807, 2.05) is 13.0 Å². The molecule has 3 fully saturated rings. The van der Waals surface area contributed by atoms with E-state index in [1.54, 1.807) is 45.6 Å². The van der Waals surface area contributed by atoms with E-state index in [9.17, 15) is 4.79 Å². The number of benzene rings is 1. The molecule has 0 spiro atoms. The lowest BCUT2D eigenvalue weighted by Gasteiger charge is -2.69. The fourth-order valence-corrected chi connectivity index (χ4v) is 25.8. The topological polar surface area (TPSA) is 153 Å². The maximum Gasteiger partial charge on any atom is 0.508 e. The van der Waals surface area contributed by atoms with Crippen LogP contribution < -0.4 is 0 Å². The Bertz CT molecular complexity index is 2020. The van der Waals surface area contributed by atoms with Gasteiger partial charge in [0.25, 0.3) is 0 Å². The van der Waals surface area contributed by atoms with Gasteiger partial charge in [-0.15, -0.1) is 0 Å². The van der Waals surface area contributed by atoms with E-state index in [0.717, 1.165) is 5.57 Å². The van der Waals surface area contributed by atoms with Gasteiger partial charge in [0.05, 0.1) is 42.8 Å². The van der Waals surface area contributed by atoms with Crippen LogP contribution in [0, 0.1) is 16.7 Å². The number of hydrogen-bond acceptors (Lipinski definition) is 14. The molecule has 0 aromatic heterocycles. The number of hydrogen-bond donors (Lipinski definition) is 0. The highest BCUT2D eigenvalue weighted by atomic mass is 28.4. The second-order valence-electron chi connectivity index (χ2n) is 23.3. The van der Waals surface area contributed by atoms with Crippen LogP contribution in [-0.2, 0) is 54.7 Å². The molecule has 0 radical (unpaired) electrons. The van der Waals surface area contributed by atoms with Crippen LogP contribution in [0.4, 0.5) is 4.79 Å². The van der Waals surface area contributed by atoms with Gasteiger partial charge in [-0.2, -0.15) is 0 Å². The van der Waals surface area contributed by atoms with Crippen molar-refractivity contribution in [3.05, 3.63) is 47.0 Å². The van der Waals surface area contributed by atoms with E-state index < -0.39 is 105 Å². The second kappa shape index (κ2) is 21.6. The van der Waals surface area contributed by atoms with Crippen LogP contribution in [0.15, 0.2) is 41.5 Å². The summed E-state index contributed by atoms with van der Waals surface area (Å²) >= 11 is 0. The largest absolute Gasteiger partial charge is 0.508 e. The molecule has 398 valence electrons. The van der Waals surface area contributed by atoms with Crippen LogP contribution in [-0.4, -0.2) is 129 Å². The van der Waals surface area contributed by atoms with Crippen LogP contribution >= 0.6 is 0 Å². The highest BCUT2D eigenvalue weighted by Crippen LogP contribution is 2.67. The summed E-state index contributed by atoms with van der Waals surface area (Å²) in [5.74, 6) is -2.13. The lowest BCUT2D eigenvalue weighted by molar-refractivity contribution is -0.341. The summed E-state index contributed by atoms with van der Waals surface area (Å²) in [5, 5.41) is 0. The normalized spacial score (nSPS) is 30.4. The van der Waals surface area contributed by atoms with Crippen molar-refractivity contribution < 1.29 is 64.3 Å². The predicted molar refractivity (Wildman–Crippen MR) is 280 cm³/mol. The van der Waals surface area contributed by atoms with E-state index in [2.05, 4.69) is 117 Å². The maximum absolute atomic E-state index is 17.5. The number of Topliss-reactive ketones (excluding diaryl/α,β-unsaturated/α-hetero) is 1. The number of carbonyl (C=O) groups excluding carboxylic acids is 3. The first kappa shape index (κ1) is 58.8. The first-order valence-corrected chi connectivity index (χ1v) is 34.4. The first-order valence-electron chi connectivity index (χ1n) is 25.7. The predicted octanol–water partition coefficient (Wildman–Crippen LogP) is 11.1. The van der Waals surface area contributed by atoms with Gasteiger partial charge in [0.15, 0.2) is 20.4 Å². The smallest absolute Gasteiger partial charge is 0.455 e. The fraction of sp³-hybridized carbons (Fsp3) is 0.788. The first-order chi connectivity index (χ1) is 32.5. The molecule has 5 rings (SSSR count). The zero-order valence-corrected chi connectivity index (χ0v) is 50.9. The Kier molecular flexibility index (Phi) is 18.2. The van der Waals surface area contributed by atoms with Gasteiger partial charge in [-0.25, -0.2) is 9.59 Å². The van der Waals surface area contributed by atoms with Crippen LogP contribution in [0.1, 0.15) is 134 Å². The van der Waals surface area contributed by atoms with Crippen LogP contribution in [0.5, 0.6) is 0 Å². The molecular formula is C52H90O14Si4. The molecule has 1 aromatic carbocycles. The minimum atomic E-state index is -3.38. The molecule has 1 aromatic rings. The summed E-state index contributed by atoms with van der Waals surface area (Å²) in [5.41, 5.74) is -4.40. The van der Waals surface area contributed by atoms with Gasteiger partial charge in [0.1, 0.15) is 23.9 Å². The standard InChI is InChI=1S/C52H90O14Si4/c1-31(2)68(57-18,32(3)4)63-39-29-52(66-67(21)22)46(61-47(54)38-26-24-23-25-27-38)44-50(16,45(53)43(42(37(39)13)49(52,14)15)65-70(59-20,35(9)10)36(11)12)40(64-69(58-19,33(5)6)34(7)8)28-41-51(44,30-60-41)62-48(55)56-17/h23-27,31-36,39-41,43-44,46,67H,28-30H2,1-22H3/t39-,40-,41+,43+,44?,46-,50+,51-,52+/m0/s1. The van der Waals surface area contributed by atoms with Crippen molar-refractivity contribution >= 4 is 52.6 Å². The van der Waals surface area contributed by atoms with E-state index in [1.165, 1.54) is 7.11 Å². The Morgan fingerprint density at radius 2 is 1.21 bits per heavy atom. The molecular weight excluding hydrogens is 961 g/mol. The molecule has 0 N–H and O–H groups in total. The minimum Gasteiger partial charge on any atom is -0.455 e. The molecule has 14 nitrogen and oxygen atoms in total. The maximum atomic E-state index is 17.5. The highest BCUT2D eigenvalue weighted by Gasteiger charge is 2.80. The Morgan fingerprint density at radius 1 is 0.729 bits per heavy atom. The van der Waals surface area contributed by atoms with Crippen molar-refractivity contribution in [1.82, 2.24) is 0 Å². The molecule has 3 aliphatic carbocycles. The van der Waals surface area contributed by atoms with Crippen molar-refractivity contribution in [1.29, 1.82) is 0 Å². The summed E-state index contributed by atoms with van der Waals surface area (Å²) in [6.45, 7) is 37.5. The van der Waals surface area contributed by atoms with Gasteiger partial charge < -0.3 is 49.9 Å². The summed E-state index contributed by atoms with van der Waals surface area (Å²) < 4.78 is 76.6. The zero-order valence-electron chi connectivity index (χ0n) is 46.7. The Balaban J connectivity index is 2.10. The third-order valence-electron chi connectivity index (χ3n) is 17.1. The number of fused-ring (bicyclic) bond motifs is 5. The van der Waals surface area contributed by atoms with Crippen molar-refractivity contribution in [3.8, 4) is 0 Å². The van der Waals surface area contributed by atoms with Gasteiger partial charge >= 0.3 is 37.8 Å². The van der Waals surface area contributed by atoms with Crippen molar-refractivity contribution in [2.45, 2.75) is 212 Å². The SMILES string of the molecule is COC(=O)O[C@@]12CO[C@@H]1C[C@H](O[Si](OC)(C(C)C)C(C)C)[C@@]1(C)C(=O)[C@H](O[Si](OC)(C(C)C)C(C)C)C3=C(C)[C@@H](O[Si](OC)(C(C)C)C(C)C)C[C@@](O[SiH](C)C)([C@@H](OC(=O)c4ccccc4)C12)C3(C)C. The second-order valence-corrected chi connectivity index (χ2v) is 38.8. The quantitative estimate of drug-likeness (QED) is 0.0691. The Hall–Kier alpha value is -2.08. The number of esters is 1. The molecule has 70 heavy (non-hydrogen) atoms. The number of ether oxygens (including phenoxy) is 4.